The molecule has 2 aromatic heterocycles. The van der Waals surface area contributed by atoms with Gasteiger partial charge in [0.1, 0.15) is 22.2 Å². The predicted molar refractivity (Wildman–Crippen MR) is 58.8 cm³/mol. The molecule has 0 aromatic carbocycles. The van der Waals surface area contributed by atoms with Crippen molar-refractivity contribution in [2.45, 2.75) is 6.92 Å². The van der Waals surface area contributed by atoms with Crippen molar-refractivity contribution in [2.24, 2.45) is 0 Å². The molecule has 74 valence electrons. The van der Waals surface area contributed by atoms with Gasteiger partial charge in [0, 0.05) is 0 Å². The van der Waals surface area contributed by atoms with E-state index in [1.807, 2.05) is 25.1 Å². The van der Waals surface area contributed by atoms with Crippen LogP contribution in [0.25, 0.3) is 11.5 Å². The lowest BCUT2D eigenvalue weighted by Crippen LogP contribution is -1.85. The molecule has 0 aliphatic rings. The number of nitrogens with one attached hydrogen (secondary N) is 1. The van der Waals surface area contributed by atoms with E-state index in [0.717, 1.165) is 17.2 Å². The molecule has 0 fully saturated rings. The smallest absolute Gasteiger partial charge is 0.150 e. The fraction of sp³-hybridized carbons (Fsp3) is 0.0909. The summed E-state index contributed by atoms with van der Waals surface area (Å²) in [6.45, 7) is 1.88. The summed E-state index contributed by atoms with van der Waals surface area (Å²) in [6, 6.07) is 9.23. The summed E-state index contributed by atoms with van der Waals surface area (Å²) in [4.78, 5) is 2.96. The van der Waals surface area contributed by atoms with E-state index < -0.39 is 0 Å². The zero-order valence-corrected chi connectivity index (χ0v) is 8.89. The maximum Gasteiger partial charge on any atom is 0.150 e. The molecular weight excluding hydrogens is 208 g/mol. The Morgan fingerprint density at radius 3 is 2.67 bits per heavy atom. The van der Waals surface area contributed by atoms with Gasteiger partial charge in [-0.1, -0.05) is 12.2 Å². The van der Waals surface area contributed by atoms with Crippen molar-refractivity contribution in [3.05, 3.63) is 40.2 Å². The minimum absolute atomic E-state index is 0.434. The zero-order valence-electron chi connectivity index (χ0n) is 8.07. The molecule has 0 unspecified atom stereocenters. The van der Waals surface area contributed by atoms with Crippen LogP contribution in [0.2, 0.25) is 0 Å². The summed E-state index contributed by atoms with van der Waals surface area (Å²) in [5.41, 5.74) is 1.25. The van der Waals surface area contributed by atoms with Gasteiger partial charge in [0.2, 0.25) is 0 Å². The molecule has 2 rings (SSSR count). The van der Waals surface area contributed by atoms with Crippen molar-refractivity contribution in [2.75, 3.05) is 0 Å². The van der Waals surface area contributed by atoms with Crippen molar-refractivity contribution in [3.63, 3.8) is 0 Å². The molecule has 0 radical (unpaired) electrons. The number of aromatic nitrogens is 1. The SMILES string of the molecule is Cc1ccc(-c2ccc(C#N)c(=S)[nH]2)o1. The molecule has 0 aliphatic heterocycles. The first-order valence-corrected chi connectivity index (χ1v) is 4.82. The Bertz CT molecular complexity index is 589. The van der Waals surface area contributed by atoms with Crippen LogP contribution in [0.3, 0.4) is 0 Å². The van der Waals surface area contributed by atoms with E-state index in [1.54, 1.807) is 12.1 Å². The predicted octanol–water partition coefficient (Wildman–Crippen LogP) is 3.18. The lowest BCUT2D eigenvalue weighted by Gasteiger charge is -1.97. The highest BCUT2D eigenvalue weighted by atomic mass is 32.1. The van der Waals surface area contributed by atoms with Gasteiger partial charge < -0.3 is 9.40 Å². The van der Waals surface area contributed by atoms with Crippen molar-refractivity contribution < 1.29 is 4.42 Å². The van der Waals surface area contributed by atoms with Crippen LogP contribution in [0.5, 0.6) is 0 Å². The summed E-state index contributed by atoms with van der Waals surface area (Å²) in [6.07, 6.45) is 0. The van der Waals surface area contributed by atoms with Crippen molar-refractivity contribution in [1.82, 2.24) is 4.98 Å². The highest BCUT2D eigenvalue weighted by Crippen LogP contribution is 2.20. The number of hydrogen-bond acceptors (Lipinski definition) is 3. The van der Waals surface area contributed by atoms with E-state index in [0.29, 0.717) is 10.2 Å². The van der Waals surface area contributed by atoms with Crippen LogP contribution in [0.1, 0.15) is 11.3 Å². The fourth-order valence-corrected chi connectivity index (χ4v) is 1.51. The molecular formula is C11H8N2OS. The number of pyridine rings is 1. The van der Waals surface area contributed by atoms with Crippen LogP contribution in [-0.4, -0.2) is 4.98 Å². The number of furan rings is 1. The first kappa shape index (κ1) is 9.69. The molecule has 2 heterocycles. The standard InChI is InChI=1S/C11H8N2OS/c1-7-2-5-10(14-7)9-4-3-8(6-12)11(15)13-9/h2-5H,1H3,(H,13,15). The lowest BCUT2D eigenvalue weighted by molar-refractivity contribution is 0.546. The van der Waals surface area contributed by atoms with Crippen LogP contribution in [0.15, 0.2) is 28.7 Å². The number of H-pyrrole nitrogens is 1. The monoisotopic (exact) mass is 216 g/mol. The highest BCUT2D eigenvalue weighted by Gasteiger charge is 2.03. The second-order valence-corrected chi connectivity index (χ2v) is 3.55. The Morgan fingerprint density at radius 1 is 1.33 bits per heavy atom. The molecule has 0 spiro atoms. The van der Waals surface area contributed by atoms with Crippen molar-refractivity contribution in [1.29, 1.82) is 5.26 Å². The average Bonchev–Trinajstić information content (AvgIpc) is 2.65. The quantitative estimate of drug-likeness (QED) is 0.745. The Kier molecular flexibility index (Phi) is 2.40. The molecule has 0 aliphatic carbocycles. The molecule has 0 saturated carbocycles. The summed E-state index contributed by atoms with van der Waals surface area (Å²) in [7, 11) is 0. The third kappa shape index (κ3) is 1.83. The molecule has 2 aromatic rings. The maximum atomic E-state index is 8.72. The van der Waals surface area contributed by atoms with Crippen LogP contribution in [0, 0.1) is 22.9 Å². The molecule has 0 bridgehead atoms. The first-order valence-electron chi connectivity index (χ1n) is 4.41. The van der Waals surface area contributed by atoms with Gasteiger partial charge >= 0.3 is 0 Å². The van der Waals surface area contributed by atoms with Gasteiger partial charge in [0.05, 0.1) is 11.3 Å². The third-order valence-electron chi connectivity index (χ3n) is 2.04. The van der Waals surface area contributed by atoms with Crippen LogP contribution in [0.4, 0.5) is 0 Å². The first-order chi connectivity index (χ1) is 7.20. The van der Waals surface area contributed by atoms with Gasteiger partial charge in [-0.25, -0.2) is 0 Å². The van der Waals surface area contributed by atoms with E-state index in [9.17, 15) is 0 Å². The van der Waals surface area contributed by atoms with Crippen LogP contribution >= 0.6 is 12.2 Å². The highest BCUT2D eigenvalue weighted by molar-refractivity contribution is 7.71. The summed E-state index contributed by atoms with van der Waals surface area (Å²) >= 11 is 5.03. The zero-order chi connectivity index (χ0) is 10.8. The van der Waals surface area contributed by atoms with Gasteiger partial charge in [-0.2, -0.15) is 5.26 Å². The largest absolute Gasteiger partial charge is 0.460 e. The Morgan fingerprint density at radius 2 is 2.13 bits per heavy atom. The Balaban J connectivity index is 2.53. The summed E-state index contributed by atoms with van der Waals surface area (Å²) in [5, 5.41) is 8.72. The molecule has 15 heavy (non-hydrogen) atoms. The van der Waals surface area contributed by atoms with Crippen LogP contribution < -0.4 is 0 Å². The van der Waals surface area contributed by atoms with E-state index >= 15 is 0 Å². The summed E-state index contributed by atoms with van der Waals surface area (Å²) in [5.74, 6) is 1.57. The molecule has 0 saturated heterocycles. The average molecular weight is 216 g/mol. The third-order valence-corrected chi connectivity index (χ3v) is 2.36. The molecule has 4 heteroatoms. The molecule has 0 atom stereocenters. The van der Waals surface area contributed by atoms with E-state index in [1.165, 1.54) is 0 Å². The second-order valence-electron chi connectivity index (χ2n) is 3.14. The number of aromatic amines is 1. The van der Waals surface area contributed by atoms with E-state index in [-0.39, 0.29) is 0 Å². The number of rotatable bonds is 1. The van der Waals surface area contributed by atoms with Gasteiger partial charge in [-0.05, 0) is 31.2 Å². The second kappa shape index (κ2) is 3.71. The van der Waals surface area contributed by atoms with Crippen LogP contribution in [-0.2, 0) is 0 Å². The van der Waals surface area contributed by atoms with Gasteiger partial charge in [-0.15, -0.1) is 0 Å². The topological polar surface area (TPSA) is 52.7 Å². The van der Waals surface area contributed by atoms with Gasteiger partial charge in [-0.3, -0.25) is 0 Å². The van der Waals surface area contributed by atoms with Crippen molar-refractivity contribution >= 4 is 12.2 Å². The van der Waals surface area contributed by atoms with E-state index in [2.05, 4.69) is 4.98 Å². The number of nitriles is 1. The number of aryl methyl sites for hydroxylation is 1. The fourth-order valence-electron chi connectivity index (χ4n) is 1.28. The Labute approximate surface area is 92.0 Å². The van der Waals surface area contributed by atoms with Gasteiger partial charge in [0.15, 0.2) is 0 Å². The Hall–Kier alpha value is -1.86. The summed E-state index contributed by atoms with van der Waals surface area (Å²) < 4.78 is 5.87. The maximum absolute atomic E-state index is 8.72. The molecule has 0 amide bonds. The minimum Gasteiger partial charge on any atom is -0.460 e. The van der Waals surface area contributed by atoms with Crippen molar-refractivity contribution in [3.8, 4) is 17.5 Å². The number of hydrogen-bond donors (Lipinski definition) is 1. The molecule has 3 nitrogen and oxygen atoms in total. The minimum atomic E-state index is 0.434. The van der Waals surface area contributed by atoms with E-state index in [4.69, 9.17) is 21.9 Å². The normalized spacial score (nSPS) is 9.87. The van der Waals surface area contributed by atoms with Gasteiger partial charge in [0.25, 0.3) is 0 Å². The number of nitrogens with zero attached hydrogens (tertiary/aromatic N) is 1. The lowest BCUT2D eigenvalue weighted by atomic mass is 10.2. The molecule has 1 N–H and O–H groups in total.